The van der Waals surface area contributed by atoms with Gasteiger partial charge in [-0.2, -0.15) is 13.2 Å². The largest absolute Gasteiger partial charge is 0.398 e. The van der Waals surface area contributed by atoms with Gasteiger partial charge in [0.15, 0.2) is 0 Å². The Morgan fingerprint density at radius 2 is 1.95 bits per heavy atom. The number of hydrogen-bond donors (Lipinski definition) is 2. The van der Waals surface area contributed by atoms with Crippen LogP contribution >= 0.6 is 11.8 Å². The van der Waals surface area contributed by atoms with Gasteiger partial charge in [-0.1, -0.05) is 26.0 Å². The fourth-order valence-electron chi connectivity index (χ4n) is 1.37. The van der Waals surface area contributed by atoms with Gasteiger partial charge < -0.3 is 11.1 Å². The van der Waals surface area contributed by atoms with Crippen LogP contribution in [0.2, 0.25) is 0 Å². The topological polar surface area (TPSA) is 55.1 Å². The van der Waals surface area contributed by atoms with Crippen LogP contribution in [0.1, 0.15) is 13.8 Å². The van der Waals surface area contributed by atoms with Gasteiger partial charge in [-0.3, -0.25) is 4.79 Å². The van der Waals surface area contributed by atoms with Crippen molar-refractivity contribution in [1.82, 2.24) is 0 Å². The van der Waals surface area contributed by atoms with Crippen molar-refractivity contribution in [3.8, 4) is 0 Å². The van der Waals surface area contributed by atoms with E-state index in [1.807, 2.05) is 0 Å². The molecule has 7 heteroatoms. The Morgan fingerprint density at radius 3 is 2.50 bits per heavy atom. The second-order valence-electron chi connectivity index (χ2n) is 4.66. The zero-order chi connectivity index (χ0) is 15.3. The third kappa shape index (κ3) is 5.42. The van der Waals surface area contributed by atoms with E-state index in [9.17, 15) is 18.0 Å². The number of hydrogen-bond acceptors (Lipinski definition) is 3. The van der Waals surface area contributed by atoms with E-state index in [-0.39, 0.29) is 5.92 Å². The number of amides is 1. The highest BCUT2D eigenvalue weighted by Crippen LogP contribution is 2.32. The van der Waals surface area contributed by atoms with Gasteiger partial charge in [0.1, 0.15) is 0 Å². The summed E-state index contributed by atoms with van der Waals surface area (Å²) in [6.07, 6.45) is -4.25. The fourth-order valence-corrected chi connectivity index (χ4v) is 2.14. The van der Waals surface area contributed by atoms with Crippen molar-refractivity contribution in [1.29, 1.82) is 0 Å². The number of carbonyl (C=O) groups is 1. The monoisotopic (exact) mass is 306 g/mol. The standard InChI is InChI=1S/C13H17F3N2OS/c1-8(2)11(17)12(19)18-9-5-3-4-6-10(9)20-7-13(14,15)16/h3-6,8,11H,7,17H2,1-2H3,(H,18,19)/t11-/m1/s1. The molecule has 1 amide bonds. The number of carbonyl (C=O) groups excluding carboxylic acids is 1. The molecule has 0 spiro atoms. The van der Waals surface area contributed by atoms with Crippen molar-refractivity contribution in [3.05, 3.63) is 24.3 Å². The molecule has 112 valence electrons. The number of nitrogens with two attached hydrogens (primary N) is 1. The van der Waals surface area contributed by atoms with Gasteiger partial charge in [0.05, 0.1) is 17.5 Å². The van der Waals surface area contributed by atoms with Crippen LogP contribution in [0.25, 0.3) is 0 Å². The Balaban J connectivity index is 2.78. The highest BCUT2D eigenvalue weighted by atomic mass is 32.2. The summed E-state index contributed by atoms with van der Waals surface area (Å²) in [5, 5.41) is 2.58. The molecule has 0 saturated carbocycles. The van der Waals surface area contributed by atoms with Crippen LogP contribution < -0.4 is 11.1 Å². The number of nitrogens with one attached hydrogen (secondary N) is 1. The van der Waals surface area contributed by atoms with Crippen molar-refractivity contribution in [2.45, 2.75) is 31.0 Å². The highest BCUT2D eigenvalue weighted by Gasteiger charge is 2.28. The first-order valence-electron chi connectivity index (χ1n) is 6.05. The lowest BCUT2D eigenvalue weighted by atomic mass is 10.1. The van der Waals surface area contributed by atoms with Crippen molar-refractivity contribution in [2.24, 2.45) is 11.7 Å². The van der Waals surface area contributed by atoms with Gasteiger partial charge in [0, 0.05) is 4.90 Å². The van der Waals surface area contributed by atoms with E-state index in [0.717, 1.165) is 0 Å². The molecule has 0 aliphatic rings. The summed E-state index contributed by atoms with van der Waals surface area (Å²) in [4.78, 5) is 12.2. The Bertz CT molecular complexity index is 463. The molecule has 0 aliphatic carbocycles. The molecule has 1 aromatic rings. The molecule has 1 aromatic carbocycles. The summed E-state index contributed by atoms with van der Waals surface area (Å²) in [6, 6.07) is 5.66. The van der Waals surface area contributed by atoms with E-state index in [1.54, 1.807) is 32.0 Å². The van der Waals surface area contributed by atoms with Gasteiger partial charge >= 0.3 is 6.18 Å². The van der Waals surface area contributed by atoms with Crippen molar-refractivity contribution in [3.63, 3.8) is 0 Å². The first kappa shape index (κ1) is 16.8. The number of thioether (sulfide) groups is 1. The molecule has 3 N–H and O–H groups in total. The summed E-state index contributed by atoms with van der Waals surface area (Å²) in [5.41, 5.74) is 6.05. The first-order chi connectivity index (χ1) is 9.20. The summed E-state index contributed by atoms with van der Waals surface area (Å²) in [5.74, 6) is -1.46. The minimum atomic E-state index is -4.25. The third-order valence-electron chi connectivity index (χ3n) is 2.56. The van der Waals surface area contributed by atoms with E-state index in [2.05, 4.69) is 5.32 Å². The molecule has 0 fully saturated rings. The zero-order valence-electron chi connectivity index (χ0n) is 11.2. The summed E-state index contributed by atoms with van der Waals surface area (Å²) >= 11 is 0.636. The molecular formula is C13H17F3N2OS. The quantitative estimate of drug-likeness (QED) is 0.821. The molecular weight excluding hydrogens is 289 g/mol. The zero-order valence-corrected chi connectivity index (χ0v) is 12.0. The van der Waals surface area contributed by atoms with E-state index < -0.39 is 23.9 Å². The predicted octanol–water partition coefficient (Wildman–Crippen LogP) is 3.26. The smallest absolute Gasteiger partial charge is 0.324 e. The SMILES string of the molecule is CC(C)[C@@H](N)C(=O)Nc1ccccc1SCC(F)(F)F. The Hall–Kier alpha value is -1.21. The van der Waals surface area contributed by atoms with Crippen LogP contribution in [0, 0.1) is 5.92 Å². The summed E-state index contributed by atoms with van der Waals surface area (Å²) in [6.45, 7) is 3.60. The molecule has 0 aliphatic heterocycles. The molecule has 0 radical (unpaired) electrons. The number of anilines is 1. The molecule has 3 nitrogen and oxygen atoms in total. The molecule has 0 aromatic heterocycles. The van der Waals surface area contributed by atoms with Gasteiger partial charge in [0.2, 0.25) is 5.91 Å². The second-order valence-corrected chi connectivity index (χ2v) is 5.68. The van der Waals surface area contributed by atoms with E-state index >= 15 is 0 Å². The average Bonchev–Trinajstić information content (AvgIpc) is 2.35. The normalized spacial score (nSPS) is 13.3. The molecule has 1 rings (SSSR count). The number of rotatable bonds is 5. The van der Waals surface area contributed by atoms with Gasteiger partial charge in [-0.15, -0.1) is 11.8 Å². The minimum absolute atomic E-state index is 0.0509. The molecule has 0 unspecified atom stereocenters. The van der Waals surface area contributed by atoms with Crippen LogP contribution in [0.15, 0.2) is 29.2 Å². The predicted molar refractivity (Wildman–Crippen MR) is 74.7 cm³/mol. The number of benzene rings is 1. The molecule has 1 atom stereocenters. The number of alkyl halides is 3. The summed E-state index contributed by atoms with van der Waals surface area (Å²) in [7, 11) is 0. The maximum absolute atomic E-state index is 12.2. The Labute approximate surface area is 120 Å². The minimum Gasteiger partial charge on any atom is -0.324 e. The van der Waals surface area contributed by atoms with Gasteiger partial charge in [-0.05, 0) is 18.1 Å². The fraction of sp³-hybridized carbons (Fsp3) is 0.462. The van der Waals surface area contributed by atoms with E-state index in [4.69, 9.17) is 5.73 Å². The van der Waals surface area contributed by atoms with Crippen molar-refractivity contribution in [2.75, 3.05) is 11.1 Å². The van der Waals surface area contributed by atoms with Crippen LogP contribution in [0.5, 0.6) is 0 Å². The molecule has 0 bridgehead atoms. The maximum Gasteiger partial charge on any atom is 0.398 e. The van der Waals surface area contributed by atoms with Crippen molar-refractivity contribution >= 4 is 23.4 Å². The van der Waals surface area contributed by atoms with E-state index in [0.29, 0.717) is 22.3 Å². The lowest BCUT2D eigenvalue weighted by molar-refractivity contribution is -0.118. The average molecular weight is 306 g/mol. The Morgan fingerprint density at radius 1 is 1.35 bits per heavy atom. The Kier molecular flexibility index (Phi) is 5.88. The second kappa shape index (κ2) is 6.99. The number of halogens is 3. The molecule has 0 heterocycles. The maximum atomic E-state index is 12.2. The van der Waals surface area contributed by atoms with Crippen LogP contribution in [-0.2, 0) is 4.79 Å². The third-order valence-corrected chi connectivity index (χ3v) is 3.70. The van der Waals surface area contributed by atoms with Gasteiger partial charge in [0.25, 0.3) is 0 Å². The van der Waals surface area contributed by atoms with Crippen LogP contribution in [-0.4, -0.2) is 23.9 Å². The van der Waals surface area contributed by atoms with E-state index in [1.165, 1.54) is 6.07 Å². The first-order valence-corrected chi connectivity index (χ1v) is 7.04. The molecule has 0 saturated heterocycles. The molecule has 20 heavy (non-hydrogen) atoms. The highest BCUT2D eigenvalue weighted by molar-refractivity contribution is 7.99. The van der Waals surface area contributed by atoms with Gasteiger partial charge in [-0.25, -0.2) is 0 Å². The van der Waals surface area contributed by atoms with Crippen molar-refractivity contribution < 1.29 is 18.0 Å². The lowest BCUT2D eigenvalue weighted by Gasteiger charge is -2.17. The van der Waals surface area contributed by atoms with Crippen LogP contribution in [0.3, 0.4) is 0 Å². The lowest BCUT2D eigenvalue weighted by Crippen LogP contribution is -2.39. The number of para-hydroxylation sites is 1. The van der Waals surface area contributed by atoms with Crippen LogP contribution in [0.4, 0.5) is 18.9 Å². The summed E-state index contributed by atoms with van der Waals surface area (Å²) < 4.78 is 36.7.